The van der Waals surface area contributed by atoms with E-state index in [1.54, 1.807) is 17.5 Å². The molecule has 2 atom stereocenters. The van der Waals surface area contributed by atoms with Crippen molar-refractivity contribution in [2.24, 2.45) is 5.92 Å². The lowest BCUT2D eigenvalue weighted by Crippen LogP contribution is -2.21. The Hall–Kier alpha value is -1.37. The van der Waals surface area contributed by atoms with Gasteiger partial charge in [0.15, 0.2) is 0 Å². The summed E-state index contributed by atoms with van der Waals surface area (Å²) in [5, 5.41) is 20.4. The highest BCUT2D eigenvalue weighted by atomic mass is 32.1. The monoisotopic (exact) mass is 290 g/mol. The molecule has 0 radical (unpaired) electrons. The van der Waals surface area contributed by atoms with E-state index in [0.29, 0.717) is 6.54 Å². The molecular formula is C14H18N4OS. The van der Waals surface area contributed by atoms with Crippen molar-refractivity contribution in [3.63, 3.8) is 0 Å². The van der Waals surface area contributed by atoms with E-state index in [0.717, 1.165) is 35.2 Å². The minimum Gasteiger partial charge on any atom is -0.391 e. The molecule has 0 aliphatic carbocycles. The summed E-state index contributed by atoms with van der Waals surface area (Å²) in [6.07, 6.45) is 2.34. The molecule has 0 unspecified atom stereocenters. The number of rotatable bonds is 4. The Bertz CT molecular complexity index is 559. The molecule has 0 spiro atoms. The van der Waals surface area contributed by atoms with E-state index in [2.05, 4.69) is 20.1 Å². The number of aromatic nitrogens is 3. The van der Waals surface area contributed by atoms with Crippen LogP contribution in [-0.2, 0) is 13.0 Å². The van der Waals surface area contributed by atoms with E-state index in [-0.39, 0.29) is 12.0 Å². The molecule has 106 valence electrons. The van der Waals surface area contributed by atoms with Crippen LogP contribution in [0.15, 0.2) is 24.4 Å². The maximum atomic E-state index is 10.2. The van der Waals surface area contributed by atoms with Crippen LogP contribution in [0.1, 0.15) is 15.7 Å². The third-order valence-corrected chi connectivity index (χ3v) is 4.43. The summed E-state index contributed by atoms with van der Waals surface area (Å²) >= 11 is 1.62. The van der Waals surface area contributed by atoms with Gasteiger partial charge in [-0.05, 0) is 25.5 Å². The number of aliphatic hydroxyl groups is 1. The van der Waals surface area contributed by atoms with Gasteiger partial charge in [-0.1, -0.05) is 6.07 Å². The second-order valence-electron chi connectivity index (χ2n) is 5.26. The van der Waals surface area contributed by atoms with Crippen LogP contribution in [0.5, 0.6) is 0 Å². The summed E-state index contributed by atoms with van der Waals surface area (Å²) in [4.78, 5) is 6.59. The Balaban J connectivity index is 1.59. The van der Waals surface area contributed by atoms with Crippen molar-refractivity contribution in [1.82, 2.24) is 20.1 Å². The topological polar surface area (TPSA) is 62.1 Å². The van der Waals surface area contributed by atoms with Gasteiger partial charge in [0.05, 0.1) is 12.6 Å². The normalized spacial score (nSPS) is 23.3. The first-order valence-electron chi connectivity index (χ1n) is 6.80. The molecule has 1 fully saturated rings. The fourth-order valence-electron chi connectivity index (χ4n) is 2.65. The first-order chi connectivity index (χ1) is 9.70. The molecule has 1 aliphatic heterocycles. The lowest BCUT2D eigenvalue weighted by Gasteiger charge is -2.13. The molecule has 2 aromatic rings. The van der Waals surface area contributed by atoms with E-state index >= 15 is 0 Å². The van der Waals surface area contributed by atoms with Gasteiger partial charge in [0, 0.05) is 30.9 Å². The first-order valence-corrected chi connectivity index (χ1v) is 7.61. The van der Waals surface area contributed by atoms with Crippen LogP contribution in [0.3, 0.4) is 0 Å². The molecule has 2 aromatic heterocycles. The van der Waals surface area contributed by atoms with E-state index in [1.807, 2.05) is 25.1 Å². The molecule has 1 aliphatic rings. The van der Waals surface area contributed by atoms with Gasteiger partial charge in [0.2, 0.25) is 0 Å². The summed E-state index contributed by atoms with van der Waals surface area (Å²) in [5.41, 5.74) is 1.05. The summed E-state index contributed by atoms with van der Waals surface area (Å²) < 4.78 is 0. The van der Waals surface area contributed by atoms with Crippen LogP contribution in [0.2, 0.25) is 0 Å². The Morgan fingerprint density at radius 3 is 2.95 bits per heavy atom. The minimum absolute atomic E-state index is 0.249. The summed E-state index contributed by atoms with van der Waals surface area (Å²) in [5.74, 6) is 0.249. The average molecular weight is 290 g/mol. The quantitative estimate of drug-likeness (QED) is 0.919. The van der Waals surface area contributed by atoms with Gasteiger partial charge >= 0.3 is 0 Å². The molecule has 0 saturated carbocycles. The number of β-amino-alcohol motifs (C(OH)–C–C–N with tert-alkyl or cyclic N) is 1. The largest absolute Gasteiger partial charge is 0.391 e. The lowest BCUT2D eigenvalue weighted by atomic mass is 10.00. The summed E-state index contributed by atoms with van der Waals surface area (Å²) in [7, 11) is 0. The van der Waals surface area contributed by atoms with Crippen LogP contribution in [0.25, 0.3) is 0 Å². The van der Waals surface area contributed by atoms with Gasteiger partial charge in [-0.2, -0.15) is 0 Å². The van der Waals surface area contributed by atoms with Crippen LogP contribution in [0, 0.1) is 12.8 Å². The maximum Gasteiger partial charge on any atom is 0.131 e. The zero-order chi connectivity index (χ0) is 13.9. The third-order valence-electron chi connectivity index (χ3n) is 3.61. The fourth-order valence-corrected chi connectivity index (χ4v) is 3.40. The van der Waals surface area contributed by atoms with Gasteiger partial charge in [0.25, 0.3) is 0 Å². The maximum absolute atomic E-state index is 10.2. The van der Waals surface area contributed by atoms with E-state index in [1.165, 1.54) is 0 Å². The Morgan fingerprint density at radius 1 is 1.35 bits per heavy atom. The Kier molecular flexibility index (Phi) is 4.05. The van der Waals surface area contributed by atoms with Crippen molar-refractivity contribution in [1.29, 1.82) is 0 Å². The zero-order valence-electron chi connectivity index (χ0n) is 11.4. The molecule has 3 rings (SSSR count). The van der Waals surface area contributed by atoms with Crippen molar-refractivity contribution in [3.8, 4) is 0 Å². The third kappa shape index (κ3) is 3.20. The molecule has 1 saturated heterocycles. The Morgan fingerprint density at radius 2 is 2.25 bits per heavy atom. The van der Waals surface area contributed by atoms with Crippen molar-refractivity contribution >= 4 is 11.3 Å². The number of nitrogens with zero attached hydrogens (tertiary/aromatic N) is 4. The predicted molar refractivity (Wildman–Crippen MR) is 77.4 cm³/mol. The van der Waals surface area contributed by atoms with E-state index < -0.39 is 0 Å². The molecule has 5 nitrogen and oxygen atoms in total. The first kappa shape index (κ1) is 13.6. The highest BCUT2D eigenvalue weighted by molar-refractivity contribution is 7.11. The number of aryl methyl sites for hydroxylation is 1. The smallest absolute Gasteiger partial charge is 0.131 e. The van der Waals surface area contributed by atoms with Gasteiger partial charge in [0.1, 0.15) is 10.0 Å². The second-order valence-corrected chi connectivity index (χ2v) is 6.53. The number of likely N-dealkylation sites (tertiary alicyclic amines) is 1. The molecule has 3 heterocycles. The van der Waals surface area contributed by atoms with Crippen LogP contribution < -0.4 is 0 Å². The number of aliphatic hydroxyl groups excluding tert-OH is 1. The average Bonchev–Trinajstić information content (AvgIpc) is 2.98. The lowest BCUT2D eigenvalue weighted by molar-refractivity contribution is 0.140. The molecule has 6 heteroatoms. The number of pyridine rings is 1. The summed E-state index contributed by atoms with van der Waals surface area (Å²) in [6, 6.07) is 5.92. The van der Waals surface area contributed by atoms with Crippen molar-refractivity contribution in [2.75, 3.05) is 13.1 Å². The number of hydrogen-bond donors (Lipinski definition) is 1. The molecule has 1 N–H and O–H groups in total. The van der Waals surface area contributed by atoms with Gasteiger partial charge in [-0.15, -0.1) is 21.5 Å². The van der Waals surface area contributed by atoms with E-state index in [9.17, 15) is 5.11 Å². The Labute approximate surface area is 122 Å². The zero-order valence-corrected chi connectivity index (χ0v) is 12.3. The van der Waals surface area contributed by atoms with Gasteiger partial charge < -0.3 is 5.11 Å². The fraction of sp³-hybridized carbons (Fsp3) is 0.500. The standard InChI is InChI=1S/C14H18N4OS/c1-10-16-17-14(20-10)9-18-7-11(13(19)8-18)6-12-4-2-3-5-15-12/h2-5,11,13,19H,6-9H2,1H3/t11-,13-/m1/s1. The predicted octanol–water partition coefficient (Wildman–Crippen LogP) is 1.28. The number of hydrogen-bond acceptors (Lipinski definition) is 6. The van der Waals surface area contributed by atoms with Crippen LogP contribution in [-0.4, -0.2) is 44.4 Å². The summed E-state index contributed by atoms with van der Waals surface area (Å²) in [6.45, 7) is 4.33. The van der Waals surface area contributed by atoms with E-state index in [4.69, 9.17) is 0 Å². The molecule has 0 amide bonds. The highest BCUT2D eigenvalue weighted by Gasteiger charge is 2.31. The van der Waals surface area contributed by atoms with Crippen molar-refractivity contribution in [2.45, 2.75) is 26.0 Å². The highest BCUT2D eigenvalue weighted by Crippen LogP contribution is 2.23. The van der Waals surface area contributed by atoms with Gasteiger partial charge in [-0.3, -0.25) is 9.88 Å². The van der Waals surface area contributed by atoms with Crippen molar-refractivity contribution < 1.29 is 5.11 Å². The molecule has 0 bridgehead atoms. The molecule has 0 aromatic carbocycles. The minimum atomic E-state index is -0.286. The van der Waals surface area contributed by atoms with Crippen molar-refractivity contribution in [3.05, 3.63) is 40.1 Å². The van der Waals surface area contributed by atoms with Crippen LogP contribution in [0.4, 0.5) is 0 Å². The second kappa shape index (κ2) is 5.95. The molecule has 20 heavy (non-hydrogen) atoms. The molecular weight excluding hydrogens is 272 g/mol. The van der Waals surface area contributed by atoms with Crippen LogP contribution >= 0.6 is 11.3 Å². The SMILES string of the molecule is Cc1nnc(CN2C[C@@H](Cc3ccccn3)[C@H](O)C2)s1. The van der Waals surface area contributed by atoms with Gasteiger partial charge in [-0.25, -0.2) is 0 Å².